The molecule has 1 saturated heterocycles. The highest BCUT2D eigenvalue weighted by Gasteiger charge is 2.76. The van der Waals surface area contributed by atoms with Gasteiger partial charge in [-0.05, 0) is 67.9 Å². The summed E-state index contributed by atoms with van der Waals surface area (Å²) in [6.07, 6.45) is 7.54. The fourth-order valence-corrected chi connectivity index (χ4v) is 9.19. The van der Waals surface area contributed by atoms with Crippen molar-refractivity contribution in [2.24, 2.45) is 39.4 Å². The van der Waals surface area contributed by atoms with Crippen LogP contribution in [0.1, 0.15) is 53.4 Å². The molecule has 3 N–H and O–H groups in total. The SMILES string of the molecule is CC(=O)C1NC[C@]2(C(=O)CO)[C@H]1C[C@H]1C3CCC4=CC(=O)C=C[C@]4(C)[C@@]3(C)[C@@H](O)C[C@@]12C. The van der Waals surface area contributed by atoms with E-state index in [0.717, 1.165) is 24.8 Å². The Labute approximate surface area is 189 Å². The van der Waals surface area contributed by atoms with Gasteiger partial charge in [-0.2, -0.15) is 0 Å². The highest BCUT2D eigenvalue weighted by Crippen LogP contribution is 2.75. The Kier molecular flexibility index (Phi) is 4.65. The minimum absolute atomic E-state index is 0.00734. The van der Waals surface area contributed by atoms with Crippen LogP contribution in [-0.2, 0) is 14.4 Å². The Morgan fingerprint density at radius 3 is 2.56 bits per heavy atom. The second-order valence-electron chi connectivity index (χ2n) is 11.6. The van der Waals surface area contributed by atoms with Crippen molar-refractivity contribution in [2.45, 2.75) is 65.5 Å². The van der Waals surface area contributed by atoms with Crippen molar-refractivity contribution >= 4 is 17.3 Å². The van der Waals surface area contributed by atoms with Crippen molar-refractivity contribution in [1.82, 2.24) is 5.32 Å². The number of ketones is 3. The molecule has 0 spiro atoms. The quantitative estimate of drug-likeness (QED) is 0.619. The van der Waals surface area contributed by atoms with Gasteiger partial charge >= 0.3 is 0 Å². The molecule has 4 aliphatic carbocycles. The molecule has 1 aliphatic heterocycles. The lowest BCUT2D eigenvalue weighted by Crippen LogP contribution is -2.65. The highest BCUT2D eigenvalue weighted by molar-refractivity contribution is 6.01. The number of fused-ring (bicyclic) bond motifs is 7. The first kappa shape index (κ1) is 22.2. The van der Waals surface area contributed by atoms with E-state index in [9.17, 15) is 24.6 Å². The lowest BCUT2D eigenvalue weighted by atomic mass is 9.39. The van der Waals surface area contributed by atoms with Gasteiger partial charge in [0.1, 0.15) is 12.4 Å². The predicted octanol–water partition coefficient (Wildman–Crippen LogP) is 1.99. The molecular formula is C26H35NO5. The summed E-state index contributed by atoms with van der Waals surface area (Å²) in [4.78, 5) is 38.0. The van der Waals surface area contributed by atoms with Crippen LogP contribution in [-0.4, -0.2) is 52.9 Å². The largest absolute Gasteiger partial charge is 0.392 e. The molecule has 5 rings (SSSR count). The van der Waals surface area contributed by atoms with Crippen molar-refractivity contribution in [1.29, 1.82) is 0 Å². The van der Waals surface area contributed by atoms with Crippen LogP contribution < -0.4 is 5.32 Å². The van der Waals surface area contributed by atoms with Crippen molar-refractivity contribution in [2.75, 3.05) is 13.2 Å². The van der Waals surface area contributed by atoms with E-state index in [-0.39, 0.29) is 35.1 Å². The molecular weight excluding hydrogens is 406 g/mol. The fraction of sp³-hybridized carbons (Fsp3) is 0.731. The molecule has 0 aromatic carbocycles. The maximum atomic E-state index is 13.4. The lowest BCUT2D eigenvalue weighted by molar-refractivity contribution is -0.190. The normalized spacial score (nSPS) is 51.4. The molecule has 0 aromatic rings. The third-order valence-electron chi connectivity index (χ3n) is 11.0. The number of hydrogen-bond donors (Lipinski definition) is 3. The number of allylic oxidation sites excluding steroid dienone is 4. The summed E-state index contributed by atoms with van der Waals surface area (Å²) < 4.78 is 0. The average Bonchev–Trinajstić information content (AvgIpc) is 3.24. The molecule has 9 atom stereocenters. The summed E-state index contributed by atoms with van der Waals surface area (Å²) >= 11 is 0. The van der Waals surface area contributed by atoms with E-state index in [1.165, 1.54) is 0 Å². The van der Waals surface area contributed by atoms with Gasteiger partial charge in [0.25, 0.3) is 0 Å². The van der Waals surface area contributed by atoms with E-state index >= 15 is 0 Å². The topological polar surface area (TPSA) is 104 Å². The third-order valence-corrected chi connectivity index (χ3v) is 11.0. The summed E-state index contributed by atoms with van der Waals surface area (Å²) in [6, 6.07) is -0.391. The molecule has 0 aromatic heterocycles. The van der Waals surface area contributed by atoms with Gasteiger partial charge in [-0.3, -0.25) is 14.4 Å². The fourth-order valence-electron chi connectivity index (χ4n) is 9.19. The first-order valence-corrected chi connectivity index (χ1v) is 12.0. The van der Waals surface area contributed by atoms with Crippen LogP contribution in [0.15, 0.2) is 23.8 Å². The standard InChI is InChI=1S/C26H35NO5/c1-14(29)22-19-10-18-17-6-5-15-9-16(30)7-8-23(15,2)25(17,4)20(31)11-24(18,3)26(19,13-27-22)21(32)12-28/h7-9,17-20,22,27-28,31H,5-6,10-13H2,1-4H3/t17?,18-,19-,20-,22?,23-,24-,25+,26+/m0/s1. The van der Waals surface area contributed by atoms with Crippen molar-refractivity contribution in [3.05, 3.63) is 23.8 Å². The van der Waals surface area contributed by atoms with Gasteiger partial charge in [0.05, 0.1) is 17.6 Å². The van der Waals surface area contributed by atoms with Gasteiger partial charge in [0.15, 0.2) is 11.6 Å². The number of aliphatic hydroxyl groups is 2. The van der Waals surface area contributed by atoms with Crippen molar-refractivity contribution < 1.29 is 24.6 Å². The summed E-state index contributed by atoms with van der Waals surface area (Å²) in [5, 5.41) is 25.1. The summed E-state index contributed by atoms with van der Waals surface area (Å²) in [5.74, 6) is -0.0269. The van der Waals surface area contributed by atoms with Crippen molar-refractivity contribution in [3.63, 3.8) is 0 Å². The number of Topliss-reactive ketones (excluding diaryl/α,β-unsaturated/α-hetero) is 2. The monoisotopic (exact) mass is 441 g/mol. The highest BCUT2D eigenvalue weighted by atomic mass is 16.3. The molecule has 6 heteroatoms. The Bertz CT molecular complexity index is 969. The minimum Gasteiger partial charge on any atom is -0.392 e. The van der Waals surface area contributed by atoms with Crippen LogP contribution in [0.2, 0.25) is 0 Å². The number of nitrogens with one attached hydrogen (secondary N) is 1. The zero-order valence-corrected chi connectivity index (χ0v) is 19.5. The molecule has 0 amide bonds. The van der Waals surface area contributed by atoms with Crippen LogP contribution in [0, 0.1) is 39.4 Å². The van der Waals surface area contributed by atoms with E-state index in [0.29, 0.717) is 13.0 Å². The Balaban J connectivity index is 1.65. The van der Waals surface area contributed by atoms with E-state index in [2.05, 4.69) is 26.1 Å². The van der Waals surface area contributed by atoms with Crippen LogP contribution in [0.5, 0.6) is 0 Å². The molecule has 1 heterocycles. The van der Waals surface area contributed by atoms with Gasteiger partial charge in [-0.15, -0.1) is 0 Å². The first-order valence-electron chi connectivity index (χ1n) is 12.0. The number of carbonyl (C=O) groups excluding carboxylic acids is 3. The van der Waals surface area contributed by atoms with Gasteiger partial charge in [0, 0.05) is 17.4 Å². The summed E-state index contributed by atoms with van der Waals surface area (Å²) in [7, 11) is 0. The van der Waals surface area contributed by atoms with Gasteiger partial charge in [-0.1, -0.05) is 32.4 Å². The minimum atomic E-state index is -0.847. The second kappa shape index (κ2) is 6.71. The molecule has 5 aliphatic rings. The maximum absolute atomic E-state index is 13.4. The number of carbonyl (C=O) groups is 3. The zero-order chi connectivity index (χ0) is 23.3. The van der Waals surface area contributed by atoms with Crippen LogP contribution in [0.3, 0.4) is 0 Å². The maximum Gasteiger partial charge on any atom is 0.178 e. The lowest BCUT2D eigenvalue weighted by Gasteiger charge is -2.66. The number of rotatable bonds is 3. The Morgan fingerprint density at radius 1 is 1.19 bits per heavy atom. The molecule has 32 heavy (non-hydrogen) atoms. The van der Waals surface area contributed by atoms with Gasteiger partial charge in [0.2, 0.25) is 0 Å². The van der Waals surface area contributed by atoms with Crippen molar-refractivity contribution in [3.8, 4) is 0 Å². The Hall–Kier alpha value is -1.63. The summed E-state index contributed by atoms with van der Waals surface area (Å²) in [5.41, 5.74) is -1.16. The summed E-state index contributed by atoms with van der Waals surface area (Å²) in [6.45, 7) is 7.82. The molecule has 3 saturated carbocycles. The van der Waals surface area contributed by atoms with Gasteiger partial charge in [-0.25, -0.2) is 0 Å². The van der Waals surface area contributed by atoms with Gasteiger partial charge < -0.3 is 15.5 Å². The molecule has 4 fully saturated rings. The first-order chi connectivity index (χ1) is 15.0. The predicted molar refractivity (Wildman–Crippen MR) is 118 cm³/mol. The van der Waals surface area contributed by atoms with E-state index in [4.69, 9.17) is 0 Å². The average molecular weight is 442 g/mol. The Morgan fingerprint density at radius 2 is 1.91 bits per heavy atom. The molecule has 0 bridgehead atoms. The van der Waals surface area contributed by atoms with Crippen LogP contribution in [0.4, 0.5) is 0 Å². The van der Waals surface area contributed by atoms with Crippen LogP contribution >= 0.6 is 0 Å². The molecule has 2 unspecified atom stereocenters. The molecule has 0 radical (unpaired) electrons. The third kappa shape index (κ3) is 2.29. The smallest absolute Gasteiger partial charge is 0.178 e. The van der Waals surface area contributed by atoms with Crippen LogP contribution in [0.25, 0.3) is 0 Å². The second-order valence-corrected chi connectivity index (χ2v) is 11.6. The molecule has 174 valence electrons. The van der Waals surface area contributed by atoms with E-state index < -0.39 is 40.4 Å². The number of hydrogen-bond acceptors (Lipinski definition) is 6. The number of aliphatic hydroxyl groups excluding tert-OH is 2. The zero-order valence-electron chi connectivity index (χ0n) is 19.5. The van der Waals surface area contributed by atoms with E-state index in [1.54, 1.807) is 19.1 Å². The molecule has 6 nitrogen and oxygen atoms in total. The van der Waals surface area contributed by atoms with E-state index in [1.807, 2.05) is 6.08 Å².